The summed E-state index contributed by atoms with van der Waals surface area (Å²) in [6, 6.07) is 14.7. The van der Waals surface area contributed by atoms with Crippen LogP contribution in [0.4, 0.5) is 11.4 Å². The third-order valence-electron chi connectivity index (χ3n) is 5.20. The van der Waals surface area contributed by atoms with Gasteiger partial charge in [0.1, 0.15) is 5.82 Å². The summed E-state index contributed by atoms with van der Waals surface area (Å²) in [5, 5.41) is 2.91. The summed E-state index contributed by atoms with van der Waals surface area (Å²) >= 11 is 0. The number of aromatic nitrogens is 2. The molecule has 0 spiro atoms. The molecule has 158 valence electrons. The predicted octanol–water partition coefficient (Wildman–Crippen LogP) is 2.79. The normalized spacial score (nSPS) is 15.9. The topological polar surface area (TPSA) is 107 Å². The fraction of sp³-hybridized carbons (Fsp3) is 0.333. The van der Waals surface area contributed by atoms with Crippen molar-refractivity contribution in [2.75, 3.05) is 29.4 Å². The molecule has 1 aliphatic rings. The van der Waals surface area contributed by atoms with Gasteiger partial charge in [-0.1, -0.05) is 18.2 Å². The second-order valence-corrected chi connectivity index (χ2v) is 9.44. The number of para-hydroxylation sites is 2. The highest BCUT2D eigenvalue weighted by molar-refractivity contribution is 7.92. The number of piperidine rings is 1. The molecule has 1 aliphatic heterocycles. The number of anilines is 2. The monoisotopic (exact) mass is 427 g/mol. The molecule has 1 aromatic heterocycles. The van der Waals surface area contributed by atoms with E-state index in [4.69, 9.17) is 0 Å². The molecular weight excluding hydrogens is 402 g/mol. The highest BCUT2D eigenvalue weighted by Gasteiger charge is 2.25. The second-order valence-electron chi connectivity index (χ2n) is 7.70. The number of nitrogens with zero attached hydrogens (tertiary/aromatic N) is 2. The van der Waals surface area contributed by atoms with Gasteiger partial charge in [0.05, 0.1) is 29.5 Å². The number of carbonyl (C=O) groups is 1. The van der Waals surface area contributed by atoms with Gasteiger partial charge in [-0.2, -0.15) is 0 Å². The van der Waals surface area contributed by atoms with E-state index in [1.807, 2.05) is 24.3 Å². The van der Waals surface area contributed by atoms with Crippen LogP contribution >= 0.6 is 0 Å². The van der Waals surface area contributed by atoms with Crippen molar-refractivity contribution in [3.8, 4) is 0 Å². The number of amides is 1. The summed E-state index contributed by atoms with van der Waals surface area (Å²) in [6.07, 6.45) is 2.64. The van der Waals surface area contributed by atoms with E-state index >= 15 is 0 Å². The zero-order valence-electron chi connectivity index (χ0n) is 16.8. The van der Waals surface area contributed by atoms with Crippen molar-refractivity contribution in [1.82, 2.24) is 14.9 Å². The Hall–Kier alpha value is -2.91. The van der Waals surface area contributed by atoms with E-state index in [2.05, 4.69) is 24.9 Å². The molecule has 0 radical (unpaired) electrons. The molecular formula is C21H25N5O3S. The van der Waals surface area contributed by atoms with Gasteiger partial charge in [0, 0.05) is 11.6 Å². The van der Waals surface area contributed by atoms with Crippen LogP contribution in [0.3, 0.4) is 0 Å². The van der Waals surface area contributed by atoms with Gasteiger partial charge in [0.2, 0.25) is 15.9 Å². The summed E-state index contributed by atoms with van der Waals surface area (Å²) in [5.41, 5.74) is 3.01. The van der Waals surface area contributed by atoms with Crippen LogP contribution in [-0.2, 0) is 21.4 Å². The summed E-state index contributed by atoms with van der Waals surface area (Å²) in [6.45, 7) is 2.39. The molecule has 1 amide bonds. The SMILES string of the molecule is CS(=O)(=O)Nc1cccc(NC(=O)C2CCN(Cc3nc4ccccc4[nH]3)CC2)c1. The Morgan fingerprint density at radius 2 is 1.87 bits per heavy atom. The number of aromatic amines is 1. The van der Waals surface area contributed by atoms with Crippen molar-refractivity contribution in [3.05, 3.63) is 54.4 Å². The van der Waals surface area contributed by atoms with Gasteiger partial charge in [0.15, 0.2) is 0 Å². The van der Waals surface area contributed by atoms with Crippen molar-refractivity contribution in [2.45, 2.75) is 19.4 Å². The van der Waals surface area contributed by atoms with E-state index < -0.39 is 10.0 Å². The van der Waals surface area contributed by atoms with Crippen LogP contribution in [0.1, 0.15) is 18.7 Å². The number of benzene rings is 2. The van der Waals surface area contributed by atoms with Crippen LogP contribution in [0.25, 0.3) is 11.0 Å². The molecule has 0 atom stereocenters. The highest BCUT2D eigenvalue weighted by atomic mass is 32.2. The van der Waals surface area contributed by atoms with Crippen molar-refractivity contribution in [2.24, 2.45) is 5.92 Å². The molecule has 9 heteroatoms. The van der Waals surface area contributed by atoms with Crippen LogP contribution in [0, 0.1) is 5.92 Å². The maximum atomic E-state index is 12.7. The van der Waals surface area contributed by atoms with E-state index in [0.717, 1.165) is 55.6 Å². The van der Waals surface area contributed by atoms with Gasteiger partial charge >= 0.3 is 0 Å². The van der Waals surface area contributed by atoms with Crippen molar-refractivity contribution in [1.29, 1.82) is 0 Å². The molecule has 3 aromatic rings. The number of hydrogen-bond donors (Lipinski definition) is 3. The quantitative estimate of drug-likeness (QED) is 0.561. The maximum Gasteiger partial charge on any atom is 0.229 e. The molecule has 1 fully saturated rings. The molecule has 30 heavy (non-hydrogen) atoms. The second kappa shape index (κ2) is 8.45. The van der Waals surface area contributed by atoms with Crippen molar-refractivity contribution in [3.63, 3.8) is 0 Å². The summed E-state index contributed by atoms with van der Waals surface area (Å²) in [5.74, 6) is 0.840. The van der Waals surface area contributed by atoms with Crippen LogP contribution in [0.2, 0.25) is 0 Å². The molecule has 1 saturated heterocycles. The van der Waals surface area contributed by atoms with Crippen LogP contribution in [0.5, 0.6) is 0 Å². The number of carbonyl (C=O) groups excluding carboxylic acids is 1. The molecule has 8 nitrogen and oxygen atoms in total. The fourth-order valence-electron chi connectivity index (χ4n) is 3.76. The number of likely N-dealkylation sites (tertiary alicyclic amines) is 1. The van der Waals surface area contributed by atoms with Gasteiger partial charge in [-0.3, -0.25) is 14.4 Å². The first kappa shape index (κ1) is 20.4. The molecule has 2 heterocycles. The summed E-state index contributed by atoms with van der Waals surface area (Å²) < 4.78 is 25.2. The molecule has 0 aliphatic carbocycles. The molecule has 0 bridgehead atoms. The van der Waals surface area contributed by atoms with Gasteiger partial charge in [-0.15, -0.1) is 0 Å². The third kappa shape index (κ3) is 5.17. The number of fused-ring (bicyclic) bond motifs is 1. The molecule has 3 N–H and O–H groups in total. The summed E-state index contributed by atoms with van der Waals surface area (Å²) in [7, 11) is -3.36. The Balaban J connectivity index is 1.30. The number of rotatable bonds is 6. The van der Waals surface area contributed by atoms with E-state index in [1.54, 1.807) is 24.3 Å². The van der Waals surface area contributed by atoms with Gasteiger partial charge in [-0.25, -0.2) is 13.4 Å². The fourth-order valence-corrected chi connectivity index (χ4v) is 4.32. The average Bonchev–Trinajstić information content (AvgIpc) is 3.09. The largest absolute Gasteiger partial charge is 0.341 e. The first-order valence-corrected chi connectivity index (χ1v) is 11.8. The Bertz CT molecular complexity index is 1120. The van der Waals surface area contributed by atoms with Crippen LogP contribution < -0.4 is 10.0 Å². The summed E-state index contributed by atoms with van der Waals surface area (Å²) in [4.78, 5) is 22.9. The zero-order chi connectivity index (χ0) is 21.1. The third-order valence-corrected chi connectivity index (χ3v) is 5.81. The minimum absolute atomic E-state index is 0.0325. The predicted molar refractivity (Wildman–Crippen MR) is 118 cm³/mol. The Morgan fingerprint density at radius 3 is 2.60 bits per heavy atom. The van der Waals surface area contributed by atoms with Crippen molar-refractivity contribution >= 4 is 38.3 Å². The molecule has 2 aromatic carbocycles. The lowest BCUT2D eigenvalue weighted by Crippen LogP contribution is -2.38. The van der Waals surface area contributed by atoms with Gasteiger partial charge in [-0.05, 0) is 56.3 Å². The molecule has 4 rings (SSSR count). The average molecular weight is 428 g/mol. The minimum Gasteiger partial charge on any atom is -0.341 e. The first-order chi connectivity index (χ1) is 14.4. The van der Waals surface area contributed by atoms with Gasteiger partial charge < -0.3 is 10.3 Å². The number of H-pyrrole nitrogens is 1. The zero-order valence-corrected chi connectivity index (χ0v) is 17.6. The Labute approximate surface area is 175 Å². The van der Waals surface area contributed by atoms with E-state index in [1.165, 1.54) is 0 Å². The number of hydrogen-bond acceptors (Lipinski definition) is 5. The first-order valence-electron chi connectivity index (χ1n) is 9.90. The maximum absolute atomic E-state index is 12.7. The number of imidazole rings is 1. The lowest BCUT2D eigenvalue weighted by molar-refractivity contribution is -0.121. The number of nitrogens with one attached hydrogen (secondary N) is 3. The van der Waals surface area contributed by atoms with Crippen LogP contribution in [-0.4, -0.2) is 48.5 Å². The molecule has 0 saturated carbocycles. The smallest absolute Gasteiger partial charge is 0.229 e. The standard InChI is InChI=1S/C21H25N5O3S/c1-30(28,29)25-17-6-4-5-16(13-17)22-21(27)15-9-11-26(12-10-15)14-20-23-18-7-2-3-8-19(18)24-20/h2-8,13,15,25H,9-12,14H2,1H3,(H,22,27)(H,23,24). The van der Waals surface area contributed by atoms with E-state index in [-0.39, 0.29) is 11.8 Å². The highest BCUT2D eigenvalue weighted by Crippen LogP contribution is 2.22. The molecule has 0 unspecified atom stereocenters. The van der Waals surface area contributed by atoms with E-state index in [0.29, 0.717) is 11.4 Å². The van der Waals surface area contributed by atoms with E-state index in [9.17, 15) is 13.2 Å². The number of sulfonamides is 1. The lowest BCUT2D eigenvalue weighted by Gasteiger charge is -2.30. The van der Waals surface area contributed by atoms with Gasteiger partial charge in [0.25, 0.3) is 0 Å². The van der Waals surface area contributed by atoms with Crippen LogP contribution in [0.15, 0.2) is 48.5 Å². The Kier molecular flexibility index (Phi) is 5.74. The Morgan fingerprint density at radius 1 is 1.13 bits per heavy atom. The minimum atomic E-state index is -3.36. The lowest BCUT2D eigenvalue weighted by atomic mass is 9.96. The van der Waals surface area contributed by atoms with Crippen molar-refractivity contribution < 1.29 is 13.2 Å².